The van der Waals surface area contributed by atoms with Crippen LogP contribution in [0.2, 0.25) is 0 Å². The summed E-state index contributed by atoms with van der Waals surface area (Å²) in [4.78, 5) is 11.7. The van der Waals surface area contributed by atoms with Crippen LogP contribution in [0.25, 0.3) is 0 Å². The zero-order valence-corrected chi connectivity index (χ0v) is 10.2. The Morgan fingerprint density at radius 1 is 0.950 bits per heavy atom. The third kappa shape index (κ3) is 3.47. The molecule has 1 N–H and O–H groups in total. The van der Waals surface area contributed by atoms with Gasteiger partial charge in [0.05, 0.1) is 5.69 Å². The Balaban J connectivity index is 2.02. The van der Waals surface area contributed by atoms with E-state index in [4.69, 9.17) is 0 Å². The lowest BCUT2D eigenvalue weighted by Gasteiger charge is -2.02. The largest absolute Gasteiger partial charge is 0.359 e. The van der Waals surface area contributed by atoms with Crippen LogP contribution < -0.4 is 5.32 Å². The molecule has 0 saturated carbocycles. The van der Waals surface area contributed by atoms with Crippen LogP contribution in [0.4, 0.5) is 18.9 Å². The van der Waals surface area contributed by atoms with Crippen LogP contribution in [0.15, 0.2) is 54.7 Å². The first-order valence-electron chi connectivity index (χ1n) is 5.74. The molecule has 2 rings (SSSR count). The standard InChI is InChI=1S/C15H10F3NO/c16-11-3-1-10(2-4-11)15(20)7-8-19-14-6-5-12(17)9-13(14)18/h1-9,19H/b8-7-. The van der Waals surface area contributed by atoms with Gasteiger partial charge < -0.3 is 5.32 Å². The highest BCUT2D eigenvalue weighted by Crippen LogP contribution is 2.14. The van der Waals surface area contributed by atoms with Crippen molar-refractivity contribution in [2.75, 3.05) is 5.32 Å². The lowest BCUT2D eigenvalue weighted by atomic mass is 10.1. The Labute approximate surface area is 113 Å². The molecule has 0 bridgehead atoms. The molecular weight excluding hydrogens is 267 g/mol. The Kier molecular flexibility index (Phi) is 4.20. The molecule has 0 unspecified atom stereocenters. The molecule has 0 aliphatic rings. The van der Waals surface area contributed by atoms with Crippen molar-refractivity contribution in [1.82, 2.24) is 0 Å². The van der Waals surface area contributed by atoms with Crippen molar-refractivity contribution in [2.24, 2.45) is 0 Å². The number of hydrogen-bond acceptors (Lipinski definition) is 2. The van der Waals surface area contributed by atoms with Crippen LogP contribution in [0.3, 0.4) is 0 Å². The second-order valence-electron chi connectivity index (χ2n) is 3.97. The first-order chi connectivity index (χ1) is 9.56. The summed E-state index contributed by atoms with van der Waals surface area (Å²) in [6.45, 7) is 0. The van der Waals surface area contributed by atoms with Gasteiger partial charge in [-0.05, 0) is 36.4 Å². The van der Waals surface area contributed by atoms with Crippen molar-refractivity contribution >= 4 is 11.5 Å². The quantitative estimate of drug-likeness (QED) is 0.678. The van der Waals surface area contributed by atoms with E-state index in [9.17, 15) is 18.0 Å². The summed E-state index contributed by atoms with van der Waals surface area (Å²) in [5, 5.41) is 2.54. The van der Waals surface area contributed by atoms with Gasteiger partial charge in [0.2, 0.25) is 0 Å². The Morgan fingerprint density at radius 2 is 1.60 bits per heavy atom. The van der Waals surface area contributed by atoms with E-state index in [0.717, 1.165) is 12.1 Å². The first-order valence-corrected chi connectivity index (χ1v) is 5.74. The van der Waals surface area contributed by atoms with Crippen LogP contribution >= 0.6 is 0 Å². The third-order valence-corrected chi connectivity index (χ3v) is 2.53. The van der Waals surface area contributed by atoms with Crippen LogP contribution in [-0.2, 0) is 0 Å². The summed E-state index contributed by atoms with van der Waals surface area (Å²) >= 11 is 0. The molecule has 20 heavy (non-hydrogen) atoms. The molecule has 2 aromatic carbocycles. The van der Waals surface area contributed by atoms with E-state index in [1.54, 1.807) is 0 Å². The molecule has 0 radical (unpaired) electrons. The van der Waals surface area contributed by atoms with Crippen molar-refractivity contribution in [3.8, 4) is 0 Å². The zero-order valence-electron chi connectivity index (χ0n) is 10.2. The molecule has 0 spiro atoms. The van der Waals surface area contributed by atoms with Crippen molar-refractivity contribution in [1.29, 1.82) is 0 Å². The Bertz CT molecular complexity index is 651. The second kappa shape index (κ2) is 6.06. The van der Waals surface area contributed by atoms with Crippen LogP contribution in [0, 0.1) is 17.5 Å². The number of hydrogen-bond donors (Lipinski definition) is 1. The predicted molar refractivity (Wildman–Crippen MR) is 69.9 cm³/mol. The first kappa shape index (κ1) is 13.9. The molecule has 0 saturated heterocycles. The molecule has 0 aliphatic heterocycles. The molecule has 0 heterocycles. The van der Waals surface area contributed by atoms with Gasteiger partial charge in [-0.1, -0.05) is 0 Å². The number of benzene rings is 2. The van der Waals surface area contributed by atoms with E-state index in [1.165, 1.54) is 42.6 Å². The van der Waals surface area contributed by atoms with Gasteiger partial charge in [0.15, 0.2) is 5.78 Å². The predicted octanol–water partition coefficient (Wildman–Crippen LogP) is 3.91. The maximum atomic E-state index is 13.3. The van der Waals surface area contributed by atoms with Gasteiger partial charge in [-0.3, -0.25) is 4.79 Å². The summed E-state index contributed by atoms with van der Waals surface area (Å²) in [5.41, 5.74) is 0.360. The molecule has 0 aromatic heterocycles. The molecule has 0 atom stereocenters. The number of anilines is 1. The van der Waals surface area contributed by atoms with Crippen molar-refractivity contribution < 1.29 is 18.0 Å². The van der Waals surface area contributed by atoms with Crippen LogP contribution in [0.1, 0.15) is 10.4 Å². The SMILES string of the molecule is O=C(/C=C\Nc1ccc(F)cc1F)c1ccc(F)cc1. The smallest absolute Gasteiger partial charge is 0.187 e. The minimum absolute atomic E-state index is 0.0505. The van der Waals surface area contributed by atoms with E-state index in [2.05, 4.69) is 5.32 Å². The molecule has 5 heteroatoms. The number of allylic oxidation sites excluding steroid dienone is 1. The molecule has 2 nitrogen and oxygen atoms in total. The van der Waals surface area contributed by atoms with Crippen molar-refractivity contribution in [3.05, 3.63) is 77.8 Å². The average Bonchev–Trinajstić information content (AvgIpc) is 2.42. The highest BCUT2D eigenvalue weighted by Gasteiger charge is 2.03. The van der Waals surface area contributed by atoms with Gasteiger partial charge in [-0.15, -0.1) is 0 Å². The van der Waals surface area contributed by atoms with Gasteiger partial charge in [0.1, 0.15) is 17.5 Å². The van der Waals surface area contributed by atoms with E-state index in [0.29, 0.717) is 5.56 Å². The fourth-order valence-corrected chi connectivity index (χ4v) is 1.52. The van der Waals surface area contributed by atoms with E-state index in [1.807, 2.05) is 0 Å². The fourth-order valence-electron chi connectivity index (χ4n) is 1.52. The summed E-state index contributed by atoms with van der Waals surface area (Å²) < 4.78 is 38.6. The average molecular weight is 277 g/mol. The minimum Gasteiger partial charge on any atom is -0.359 e. The summed E-state index contributed by atoms with van der Waals surface area (Å²) in [7, 11) is 0. The normalized spacial score (nSPS) is 10.8. The Morgan fingerprint density at radius 3 is 2.25 bits per heavy atom. The molecule has 102 valence electrons. The number of rotatable bonds is 4. The van der Waals surface area contributed by atoms with E-state index >= 15 is 0 Å². The monoisotopic (exact) mass is 277 g/mol. The number of carbonyl (C=O) groups excluding carboxylic acids is 1. The highest BCUT2D eigenvalue weighted by molar-refractivity contribution is 6.04. The number of ketones is 1. The number of halogens is 3. The Hall–Kier alpha value is -2.56. The molecule has 0 aliphatic carbocycles. The zero-order chi connectivity index (χ0) is 14.5. The second-order valence-corrected chi connectivity index (χ2v) is 3.97. The van der Waals surface area contributed by atoms with Crippen molar-refractivity contribution in [3.63, 3.8) is 0 Å². The van der Waals surface area contributed by atoms with Crippen LogP contribution in [-0.4, -0.2) is 5.78 Å². The van der Waals surface area contributed by atoms with Gasteiger partial charge >= 0.3 is 0 Å². The molecule has 0 amide bonds. The maximum Gasteiger partial charge on any atom is 0.187 e. The number of nitrogens with one attached hydrogen (secondary N) is 1. The fraction of sp³-hybridized carbons (Fsp3) is 0. The molecule has 0 fully saturated rings. The lowest BCUT2D eigenvalue weighted by Crippen LogP contribution is -1.97. The maximum absolute atomic E-state index is 13.3. The minimum atomic E-state index is -0.760. The molecule has 2 aromatic rings. The molecular formula is C15H10F3NO. The van der Waals surface area contributed by atoms with E-state index in [-0.39, 0.29) is 11.5 Å². The highest BCUT2D eigenvalue weighted by atomic mass is 19.1. The van der Waals surface area contributed by atoms with E-state index < -0.39 is 17.5 Å². The lowest BCUT2D eigenvalue weighted by molar-refractivity contribution is 0.104. The van der Waals surface area contributed by atoms with Gasteiger partial charge in [-0.2, -0.15) is 0 Å². The number of carbonyl (C=O) groups is 1. The van der Waals surface area contributed by atoms with Crippen LogP contribution in [0.5, 0.6) is 0 Å². The summed E-state index contributed by atoms with van der Waals surface area (Å²) in [6, 6.07) is 8.10. The van der Waals surface area contributed by atoms with Gasteiger partial charge in [0, 0.05) is 23.9 Å². The topological polar surface area (TPSA) is 29.1 Å². The van der Waals surface area contributed by atoms with Gasteiger partial charge in [-0.25, -0.2) is 13.2 Å². The summed E-state index contributed by atoms with van der Waals surface area (Å²) in [5.74, 6) is -2.24. The van der Waals surface area contributed by atoms with Gasteiger partial charge in [0.25, 0.3) is 0 Å². The third-order valence-electron chi connectivity index (χ3n) is 2.53. The summed E-state index contributed by atoms with van der Waals surface area (Å²) in [6.07, 6.45) is 2.41. The van der Waals surface area contributed by atoms with Crippen molar-refractivity contribution in [2.45, 2.75) is 0 Å².